The van der Waals surface area contributed by atoms with Gasteiger partial charge >= 0.3 is 0 Å². The largest absolute Gasteiger partial charge is 0.379 e. The van der Waals surface area contributed by atoms with Crippen LogP contribution in [0.3, 0.4) is 0 Å². The molecule has 0 bridgehead atoms. The summed E-state index contributed by atoms with van der Waals surface area (Å²) in [6.07, 6.45) is 1.99. The standard InChI is InChI=1S/C17H24ClN3O2/c18-14-4-1-3-13(11-14)16(21-7-9-23-10-8-21)12-20-17(22)15-5-2-6-19-15/h1,3-4,11,15-16,19H,2,5-10,12H2,(H,20,22). The van der Waals surface area contributed by atoms with Crippen molar-refractivity contribution in [2.75, 3.05) is 39.4 Å². The molecular formula is C17H24ClN3O2. The summed E-state index contributed by atoms with van der Waals surface area (Å²) >= 11 is 6.15. The van der Waals surface area contributed by atoms with Gasteiger partial charge < -0.3 is 15.4 Å². The Hall–Kier alpha value is -1.14. The van der Waals surface area contributed by atoms with Crippen molar-refractivity contribution in [3.8, 4) is 0 Å². The number of hydrogen-bond donors (Lipinski definition) is 2. The molecule has 2 N–H and O–H groups in total. The molecule has 6 heteroatoms. The van der Waals surface area contributed by atoms with Crippen LogP contribution in [0.2, 0.25) is 5.02 Å². The van der Waals surface area contributed by atoms with Gasteiger partial charge in [-0.25, -0.2) is 0 Å². The zero-order valence-electron chi connectivity index (χ0n) is 13.3. The maximum atomic E-state index is 12.3. The Morgan fingerprint density at radius 3 is 2.96 bits per heavy atom. The van der Waals surface area contributed by atoms with Gasteiger partial charge in [-0.2, -0.15) is 0 Å². The fraction of sp³-hybridized carbons (Fsp3) is 0.588. The van der Waals surface area contributed by atoms with Gasteiger partial charge in [-0.1, -0.05) is 23.7 Å². The van der Waals surface area contributed by atoms with Crippen molar-refractivity contribution < 1.29 is 9.53 Å². The summed E-state index contributed by atoms with van der Waals surface area (Å²) in [5, 5.41) is 7.08. The van der Waals surface area contributed by atoms with E-state index in [4.69, 9.17) is 16.3 Å². The first-order valence-corrected chi connectivity index (χ1v) is 8.70. The third-order valence-electron chi connectivity index (χ3n) is 4.57. The van der Waals surface area contributed by atoms with Crippen molar-refractivity contribution in [3.05, 3.63) is 34.9 Å². The molecule has 0 radical (unpaired) electrons. The number of benzene rings is 1. The Labute approximate surface area is 142 Å². The number of hydrogen-bond acceptors (Lipinski definition) is 4. The highest BCUT2D eigenvalue weighted by molar-refractivity contribution is 6.30. The summed E-state index contributed by atoms with van der Waals surface area (Å²) in [7, 11) is 0. The minimum absolute atomic E-state index is 0.0419. The average molecular weight is 338 g/mol. The first-order chi connectivity index (χ1) is 11.2. The molecule has 2 heterocycles. The number of carbonyl (C=O) groups excluding carboxylic acids is 1. The third-order valence-corrected chi connectivity index (χ3v) is 4.80. The molecule has 0 spiro atoms. The summed E-state index contributed by atoms with van der Waals surface area (Å²) in [5.41, 5.74) is 1.14. The second-order valence-electron chi connectivity index (χ2n) is 6.11. The smallest absolute Gasteiger partial charge is 0.237 e. The monoisotopic (exact) mass is 337 g/mol. The van der Waals surface area contributed by atoms with Crippen molar-refractivity contribution in [3.63, 3.8) is 0 Å². The number of ether oxygens (including phenoxy) is 1. The Morgan fingerprint density at radius 1 is 1.43 bits per heavy atom. The maximum Gasteiger partial charge on any atom is 0.237 e. The van der Waals surface area contributed by atoms with Crippen LogP contribution in [0.25, 0.3) is 0 Å². The summed E-state index contributed by atoms with van der Waals surface area (Å²) in [4.78, 5) is 14.6. The molecule has 1 aromatic carbocycles. The van der Waals surface area contributed by atoms with Crippen molar-refractivity contribution in [2.45, 2.75) is 24.9 Å². The minimum Gasteiger partial charge on any atom is -0.379 e. The van der Waals surface area contributed by atoms with Crippen molar-refractivity contribution in [1.29, 1.82) is 0 Å². The van der Waals surface area contributed by atoms with Crippen LogP contribution in [0, 0.1) is 0 Å². The molecule has 2 atom stereocenters. The lowest BCUT2D eigenvalue weighted by Crippen LogP contribution is -2.47. The molecule has 0 aromatic heterocycles. The van der Waals surface area contributed by atoms with E-state index in [1.54, 1.807) is 0 Å². The van der Waals surface area contributed by atoms with E-state index in [2.05, 4.69) is 21.6 Å². The van der Waals surface area contributed by atoms with Crippen molar-refractivity contribution >= 4 is 17.5 Å². The quantitative estimate of drug-likeness (QED) is 0.856. The molecule has 0 saturated carbocycles. The third kappa shape index (κ3) is 4.44. The first kappa shape index (κ1) is 16.7. The van der Waals surface area contributed by atoms with E-state index < -0.39 is 0 Å². The van der Waals surface area contributed by atoms with Gasteiger partial charge in [-0.3, -0.25) is 9.69 Å². The Balaban J connectivity index is 1.68. The number of nitrogens with one attached hydrogen (secondary N) is 2. The van der Waals surface area contributed by atoms with Crippen LogP contribution < -0.4 is 10.6 Å². The molecule has 2 fully saturated rings. The van der Waals surface area contributed by atoms with E-state index >= 15 is 0 Å². The van der Waals surface area contributed by atoms with E-state index in [0.717, 1.165) is 56.3 Å². The summed E-state index contributed by atoms with van der Waals surface area (Å²) in [6, 6.07) is 7.99. The molecule has 2 saturated heterocycles. The second kappa shape index (κ2) is 8.11. The first-order valence-electron chi connectivity index (χ1n) is 8.32. The molecule has 1 aromatic rings. The van der Waals surface area contributed by atoms with Gasteiger partial charge in [0.1, 0.15) is 0 Å². The molecule has 2 aliphatic heterocycles. The molecule has 1 amide bonds. The molecule has 5 nitrogen and oxygen atoms in total. The van der Waals surface area contributed by atoms with E-state index in [-0.39, 0.29) is 18.0 Å². The van der Waals surface area contributed by atoms with E-state index in [1.807, 2.05) is 18.2 Å². The maximum absolute atomic E-state index is 12.3. The molecule has 2 unspecified atom stereocenters. The predicted molar refractivity (Wildman–Crippen MR) is 90.6 cm³/mol. The van der Waals surface area contributed by atoms with Crippen LogP contribution in [-0.2, 0) is 9.53 Å². The van der Waals surface area contributed by atoms with Gasteiger partial charge in [-0.05, 0) is 37.1 Å². The van der Waals surface area contributed by atoms with Crippen LogP contribution in [0.1, 0.15) is 24.4 Å². The number of nitrogens with zero attached hydrogens (tertiary/aromatic N) is 1. The van der Waals surface area contributed by atoms with Gasteiger partial charge in [0.15, 0.2) is 0 Å². The van der Waals surface area contributed by atoms with Gasteiger partial charge in [0.25, 0.3) is 0 Å². The summed E-state index contributed by atoms with van der Waals surface area (Å²) < 4.78 is 5.45. The van der Waals surface area contributed by atoms with Gasteiger partial charge in [0, 0.05) is 24.7 Å². The fourth-order valence-corrected chi connectivity index (χ4v) is 3.49. The molecule has 23 heavy (non-hydrogen) atoms. The zero-order valence-corrected chi connectivity index (χ0v) is 14.0. The highest BCUT2D eigenvalue weighted by atomic mass is 35.5. The Bertz CT molecular complexity index is 528. The highest BCUT2D eigenvalue weighted by Crippen LogP contribution is 2.24. The van der Waals surface area contributed by atoms with Crippen LogP contribution in [-0.4, -0.2) is 56.2 Å². The van der Waals surface area contributed by atoms with Gasteiger partial charge in [0.05, 0.1) is 25.3 Å². The second-order valence-corrected chi connectivity index (χ2v) is 6.55. The van der Waals surface area contributed by atoms with E-state index in [1.165, 1.54) is 0 Å². The lowest BCUT2D eigenvalue weighted by molar-refractivity contribution is -0.123. The van der Waals surface area contributed by atoms with Crippen molar-refractivity contribution in [2.24, 2.45) is 0 Å². The predicted octanol–water partition coefficient (Wildman–Crippen LogP) is 1.58. The lowest BCUT2D eigenvalue weighted by Gasteiger charge is -2.35. The number of amides is 1. The topological polar surface area (TPSA) is 53.6 Å². The molecular weight excluding hydrogens is 314 g/mol. The van der Waals surface area contributed by atoms with E-state index in [0.29, 0.717) is 6.54 Å². The van der Waals surface area contributed by atoms with E-state index in [9.17, 15) is 4.79 Å². The highest BCUT2D eigenvalue weighted by Gasteiger charge is 2.26. The molecule has 3 rings (SSSR count). The fourth-order valence-electron chi connectivity index (χ4n) is 3.29. The zero-order chi connectivity index (χ0) is 16.1. The SMILES string of the molecule is O=C(NCC(c1cccc(Cl)c1)N1CCOCC1)C1CCCN1. The van der Waals surface area contributed by atoms with Gasteiger partial charge in [-0.15, -0.1) is 0 Å². The molecule has 126 valence electrons. The van der Waals surface area contributed by atoms with Crippen molar-refractivity contribution in [1.82, 2.24) is 15.5 Å². The number of carbonyl (C=O) groups is 1. The van der Waals surface area contributed by atoms with Crippen LogP contribution >= 0.6 is 11.6 Å². The number of halogens is 1. The Morgan fingerprint density at radius 2 is 2.26 bits per heavy atom. The normalized spacial score (nSPS) is 23.6. The minimum atomic E-state index is -0.0419. The van der Waals surface area contributed by atoms with Crippen LogP contribution in [0.15, 0.2) is 24.3 Å². The van der Waals surface area contributed by atoms with Crippen LogP contribution in [0.4, 0.5) is 0 Å². The van der Waals surface area contributed by atoms with Crippen LogP contribution in [0.5, 0.6) is 0 Å². The average Bonchev–Trinajstić information content (AvgIpc) is 3.10. The Kier molecular flexibility index (Phi) is 5.89. The lowest BCUT2D eigenvalue weighted by atomic mass is 10.0. The number of rotatable bonds is 5. The van der Waals surface area contributed by atoms with Gasteiger partial charge in [0.2, 0.25) is 5.91 Å². The molecule has 2 aliphatic rings. The summed E-state index contributed by atoms with van der Waals surface area (Å²) in [6.45, 7) is 4.73. The summed E-state index contributed by atoms with van der Waals surface area (Å²) in [5.74, 6) is 0.0998. The number of morpholine rings is 1. The molecule has 0 aliphatic carbocycles.